The van der Waals surface area contributed by atoms with Crippen molar-refractivity contribution < 1.29 is 23.8 Å². The number of esters is 1. The summed E-state index contributed by atoms with van der Waals surface area (Å²) in [7, 11) is 0. The number of benzene rings is 3. The zero-order valence-corrected chi connectivity index (χ0v) is 22.4. The summed E-state index contributed by atoms with van der Waals surface area (Å²) >= 11 is 6.69. The van der Waals surface area contributed by atoms with E-state index < -0.39 is 11.6 Å². The number of halogens is 1. The third kappa shape index (κ3) is 8.13. The molecule has 0 aromatic heterocycles. The van der Waals surface area contributed by atoms with E-state index in [0.29, 0.717) is 36.9 Å². The van der Waals surface area contributed by atoms with Crippen molar-refractivity contribution in [2.75, 3.05) is 39.5 Å². The van der Waals surface area contributed by atoms with Crippen LogP contribution in [-0.4, -0.2) is 51.4 Å². The molecular weight excluding hydrogens is 504 g/mol. The van der Waals surface area contributed by atoms with Crippen LogP contribution in [0.4, 0.5) is 0 Å². The number of hydrogen-bond acceptors (Lipinski definition) is 6. The summed E-state index contributed by atoms with van der Waals surface area (Å²) in [5, 5.41) is 3.25. The monoisotopic (exact) mass is 538 g/mol. The Balaban J connectivity index is 1.69. The van der Waals surface area contributed by atoms with E-state index in [1.165, 1.54) is 0 Å². The van der Waals surface area contributed by atoms with Crippen molar-refractivity contribution in [3.05, 3.63) is 106 Å². The summed E-state index contributed by atoms with van der Waals surface area (Å²) in [6, 6.07) is 24.9. The average Bonchev–Trinajstić information content (AvgIpc) is 2.93. The molecule has 0 bridgehead atoms. The van der Waals surface area contributed by atoms with Gasteiger partial charge in [0.1, 0.15) is 0 Å². The number of aryl methyl sites for hydroxylation is 1. The van der Waals surface area contributed by atoms with E-state index in [1.54, 1.807) is 6.07 Å². The number of amides is 1. The molecule has 0 aliphatic carbocycles. The van der Waals surface area contributed by atoms with Crippen molar-refractivity contribution in [2.24, 2.45) is 5.73 Å². The molecule has 0 aliphatic heterocycles. The van der Waals surface area contributed by atoms with Gasteiger partial charge in [0.2, 0.25) is 5.91 Å². The Morgan fingerprint density at radius 2 is 1.45 bits per heavy atom. The van der Waals surface area contributed by atoms with Gasteiger partial charge in [-0.15, -0.1) is 0 Å². The predicted octanol–water partition coefficient (Wildman–Crippen LogP) is 4.37. The van der Waals surface area contributed by atoms with E-state index in [4.69, 9.17) is 31.5 Å². The smallest absolute Gasteiger partial charge is 0.309 e. The Labute approximate surface area is 229 Å². The van der Waals surface area contributed by atoms with Crippen LogP contribution >= 0.6 is 11.6 Å². The molecule has 0 spiro atoms. The first-order valence-electron chi connectivity index (χ1n) is 12.7. The molecule has 8 heteroatoms. The van der Waals surface area contributed by atoms with E-state index >= 15 is 0 Å². The number of rotatable bonds is 15. The van der Waals surface area contributed by atoms with Gasteiger partial charge in [-0.05, 0) is 13.0 Å². The average molecular weight is 539 g/mol. The van der Waals surface area contributed by atoms with Crippen molar-refractivity contribution in [1.29, 1.82) is 0 Å². The van der Waals surface area contributed by atoms with Crippen molar-refractivity contribution in [2.45, 2.75) is 25.4 Å². The highest BCUT2D eigenvalue weighted by Crippen LogP contribution is 2.43. The van der Waals surface area contributed by atoms with Gasteiger partial charge in [0.15, 0.2) is 5.60 Å². The molecule has 0 heterocycles. The Bertz CT molecular complexity index is 1160. The van der Waals surface area contributed by atoms with Gasteiger partial charge in [0.05, 0.1) is 32.8 Å². The van der Waals surface area contributed by atoms with Crippen LogP contribution < -0.4 is 11.1 Å². The molecule has 3 N–H and O–H groups in total. The van der Waals surface area contributed by atoms with Gasteiger partial charge in [-0.2, -0.15) is 0 Å². The number of carbonyl (C=O) groups excluding carboxylic acids is 2. The zero-order valence-electron chi connectivity index (χ0n) is 21.7. The van der Waals surface area contributed by atoms with Crippen molar-refractivity contribution in [3.63, 3.8) is 0 Å². The number of hydrogen-bond donors (Lipinski definition) is 2. The molecule has 0 fully saturated rings. The van der Waals surface area contributed by atoms with Crippen LogP contribution in [-0.2, 0) is 29.4 Å². The second-order valence-electron chi connectivity index (χ2n) is 8.73. The SMILES string of the molecule is Cc1ccc(C(OC(=O)CCOCCNC(=O)CCOCCN)(c2ccccc2)c2ccccc2Cl)cc1. The lowest BCUT2D eigenvalue weighted by molar-refractivity contribution is -0.154. The van der Waals surface area contributed by atoms with E-state index in [9.17, 15) is 9.59 Å². The van der Waals surface area contributed by atoms with Crippen molar-refractivity contribution in [3.8, 4) is 0 Å². The topological polar surface area (TPSA) is 99.9 Å². The molecule has 3 aromatic carbocycles. The summed E-state index contributed by atoms with van der Waals surface area (Å²) in [5.41, 5.74) is 7.43. The molecule has 38 heavy (non-hydrogen) atoms. The molecule has 1 amide bonds. The fourth-order valence-corrected chi connectivity index (χ4v) is 4.31. The van der Waals surface area contributed by atoms with Gasteiger partial charge in [0.25, 0.3) is 0 Å². The highest BCUT2D eigenvalue weighted by atomic mass is 35.5. The first kappa shape index (κ1) is 29.3. The van der Waals surface area contributed by atoms with Crippen molar-refractivity contribution >= 4 is 23.5 Å². The highest BCUT2D eigenvalue weighted by molar-refractivity contribution is 6.31. The molecule has 0 saturated heterocycles. The van der Waals surface area contributed by atoms with Crippen LogP contribution in [0.5, 0.6) is 0 Å². The number of nitrogens with one attached hydrogen (secondary N) is 1. The van der Waals surface area contributed by atoms with Crippen LogP contribution in [0.2, 0.25) is 5.02 Å². The van der Waals surface area contributed by atoms with Crippen molar-refractivity contribution in [1.82, 2.24) is 5.32 Å². The molecule has 0 saturated carbocycles. The van der Waals surface area contributed by atoms with E-state index in [2.05, 4.69) is 5.32 Å². The minimum absolute atomic E-state index is 0.0335. The van der Waals surface area contributed by atoms with Gasteiger partial charge in [0, 0.05) is 41.2 Å². The van der Waals surface area contributed by atoms with Gasteiger partial charge in [-0.1, -0.05) is 90.0 Å². The summed E-state index contributed by atoms with van der Waals surface area (Å²) in [6.07, 6.45) is 0.292. The van der Waals surface area contributed by atoms with E-state index in [0.717, 1.165) is 16.7 Å². The molecule has 7 nitrogen and oxygen atoms in total. The van der Waals surface area contributed by atoms with Crippen LogP contribution in [0.25, 0.3) is 0 Å². The standard InChI is InChI=1S/C30H35ClN2O5/c1-23-11-13-25(14-12-23)30(24-7-3-2-4-8-24,26-9-5-6-10-27(26)31)38-29(35)16-20-37-22-18-33-28(34)15-19-36-21-17-32/h2-14H,15-22,32H2,1H3,(H,33,34). The van der Waals surface area contributed by atoms with Crippen LogP contribution in [0.1, 0.15) is 35.1 Å². The molecule has 0 aliphatic rings. The Morgan fingerprint density at radius 3 is 2.16 bits per heavy atom. The largest absolute Gasteiger partial charge is 0.444 e. The lowest BCUT2D eigenvalue weighted by atomic mass is 9.79. The minimum Gasteiger partial charge on any atom is -0.444 e. The molecule has 1 unspecified atom stereocenters. The third-order valence-corrected chi connectivity index (χ3v) is 6.24. The fraction of sp³-hybridized carbons (Fsp3) is 0.333. The van der Waals surface area contributed by atoms with Gasteiger partial charge < -0.3 is 25.3 Å². The van der Waals surface area contributed by atoms with E-state index in [1.807, 2.05) is 79.7 Å². The van der Waals surface area contributed by atoms with Crippen LogP contribution in [0.15, 0.2) is 78.9 Å². The molecule has 3 rings (SSSR count). The first-order valence-corrected chi connectivity index (χ1v) is 13.1. The zero-order chi connectivity index (χ0) is 27.2. The second-order valence-corrected chi connectivity index (χ2v) is 9.14. The first-order chi connectivity index (χ1) is 18.5. The summed E-state index contributed by atoms with van der Waals surface area (Å²) < 4.78 is 17.1. The minimum atomic E-state index is -1.25. The Morgan fingerprint density at radius 1 is 0.816 bits per heavy atom. The maximum Gasteiger partial charge on any atom is 0.309 e. The number of nitrogens with two attached hydrogens (primary N) is 1. The maximum atomic E-state index is 13.2. The fourth-order valence-electron chi connectivity index (χ4n) is 4.04. The van der Waals surface area contributed by atoms with E-state index in [-0.39, 0.29) is 32.0 Å². The highest BCUT2D eigenvalue weighted by Gasteiger charge is 2.42. The number of ether oxygens (including phenoxy) is 3. The summed E-state index contributed by atoms with van der Waals surface area (Å²) in [6.45, 7) is 3.94. The third-order valence-electron chi connectivity index (χ3n) is 5.91. The number of carbonyl (C=O) groups is 2. The lowest BCUT2D eigenvalue weighted by Crippen LogP contribution is -2.36. The normalized spacial score (nSPS) is 12.5. The Kier molecular flexibility index (Phi) is 11.8. The summed E-state index contributed by atoms with van der Waals surface area (Å²) in [5.74, 6) is -0.564. The molecule has 3 aromatic rings. The second kappa shape index (κ2) is 15.2. The molecular formula is C30H35ClN2O5. The van der Waals surface area contributed by atoms with Gasteiger partial charge in [-0.25, -0.2) is 0 Å². The van der Waals surface area contributed by atoms with Crippen LogP contribution in [0.3, 0.4) is 0 Å². The summed E-state index contributed by atoms with van der Waals surface area (Å²) in [4.78, 5) is 25.0. The van der Waals surface area contributed by atoms with Gasteiger partial charge in [-0.3, -0.25) is 9.59 Å². The molecule has 202 valence electrons. The predicted molar refractivity (Wildman–Crippen MR) is 148 cm³/mol. The molecule has 1 atom stereocenters. The Hall–Kier alpha value is -3.23. The lowest BCUT2D eigenvalue weighted by Gasteiger charge is -2.36. The molecule has 0 radical (unpaired) electrons. The quantitative estimate of drug-likeness (QED) is 0.169. The van der Waals surface area contributed by atoms with Crippen LogP contribution in [0, 0.1) is 6.92 Å². The van der Waals surface area contributed by atoms with Gasteiger partial charge >= 0.3 is 5.97 Å². The maximum absolute atomic E-state index is 13.2.